The van der Waals surface area contributed by atoms with Gasteiger partial charge in [-0.25, -0.2) is 4.21 Å². The van der Waals surface area contributed by atoms with Gasteiger partial charge in [-0.15, -0.1) is 4.91 Å². The van der Waals surface area contributed by atoms with E-state index in [2.05, 4.69) is 9.72 Å². The molecule has 0 aromatic rings. The number of nitroso groups, excluding NO2 is 1. The van der Waals surface area contributed by atoms with Gasteiger partial charge in [-0.3, -0.25) is 5.14 Å². The summed E-state index contributed by atoms with van der Waals surface area (Å²) in [6, 6.07) is 0. The molecule has 0 aliphatic heterocycles. The van der Waals surface area contributed by atoms with Crippen molar-refractivity contribution in [1.82, 2.24) is 0 Å². The van der Waals surface area contributed by atoms with E-state index in [4.69, 9.17) is 0 Å². The van der Waals surface area contributed by atoms with Gasteiger partial charge in [0.05, 0.1) is 10.3 Å². The fraction of sp³-hybridized carbons (Fsp3) is 1.00. The number of rotatable bonds is 1. The van der Waals surface area contributed by atoms with Crippen LogP contribution in [0.25, 0.3) is 0 Å². The molecule has 0 aliphatic rings. The molecule has 0 spiro atoms. The van der Waals surface area contributed by atoms with Crippen LogP contribution in [0.1, 0.15) is 0 Å². The molecule has 0 fully saturated rings. The predicted octanol–water partition coefficient (Wildman–Crippen LogP) is -0.812. The number of nitrogens with two attached hydrogens (primary N) is 1. The van der Waals surface area contributed by atoms with Gasteiger partial charge in [0.15, 0.2) is 0 Å². The number of hydrogen-bond donors (Lipinski definition) is 2. The predicted molar refractivity (Wildman–Crippen MR) is 25.4 cm³/mol. The summed E-state index contributed by atoms with van der Waals surface area (Å²) in [6.45, 7) is 0. The Kier molecular flexibility index (Phi) is 1.37. The summed E-state index contributed by atoms with van der Waals surface area (Å²) in [5.41, 5.74) is 0. The molecule has 0 unspecified atom stereocenters. The van der Waals surface area contributed by atoms with Crippen molar-refractivity contribution in [3.05, 3.63) is 4.91 Å². The monoisotopic (exact) mass is 110 g/mol. The molecule has 0 atom stereocenters. The van der Waals surface area contributed by atoms with Crippen molar-refractivity contribution in [2.75, 3.05) is 6.26 Å². The Morgan fingerprint density at radius 1 is 1.83 bits per heavy atom. The molecule has 5 heteroatoms. The first kappa shape index (κ1) is 5.71. The Morgan fingerprint density at radius 2 is 2.00 bits per heavy atom. The third-order valence-corrected chi connectivity index (χ3v) is 0.486. The molecule has 6 heavy (non-hydrogen) atoms. The summed E-state index contributed by atoms with van der Waals surface area (Å²) in [6.07, 6.45) is 1.10. The summed E-state index contributed by atoms with van der Waals surface area (Å²) < 4.78 is 12.0. The topological polar surface area (TPSA) is 72.5 Å². The third kappa shape index (κ3) is 3.71. The molecule has 0 heterocycles. The molecule has 0 aromatic carbocycles. The molecule has 0 amide bonds. The Balaban J connectivity index is 3.81. The zero-order chi connectivity index (χ0) is 5.21. The van der Waals surface area contributed by atoms with Crippen LogP contribution in [0.15, 0.2) is 4.58 Å². The minimum Gasteiger partial charge on any atom is -0.255 e. The molecule has 2 N–H and O–H groups in total. The molecular weight excluding hydrogens is 104 g/mol. The third-order valence-electron chi connectivity index (χ3n) is 0.162. The molecule has 4 nitrogen and oxygen atoms in total. The van der Waals surface area contributed by atoms with E-state index in [-0.39, 0.29) is 0 Å². The number of hydrogen-bond acceptors (Lipinski definition) is 2. The SMILES string of the molecule is C[SH](N)(=O)N=O. The lowest BCUT2D eigenvalue weighted by molar-refractivity contribution is 0.677. The molecule has 0 radical (unpaired) electrons. The highest BCUT2D eigenvalue weighted by Crippen LogP contribution is 1.82. The maximum absolute atomic E-state index is 9.88. The minimum absolute atomic E-state index is 1.10. The summed E-state index contributed by atoms with van der Waals surface area (Å²) in [5.74, 6) is 0. The lowest BCUT2D eigenvalue weighted by Gasteiger charge is -1.94. The Hall–Kier alpha value is -0.290. The fourth-order valence-corrected chi connectivity index (χ4v) is 0. The van der Waals surface area contributed by atoms with Gasteiger partial charge < -0.3 is 0 Å². The van der Waals surface area contributed by atoms with E-state index in [1.807, 2.05) is 0 Å². The quantitative estimate of drug-likeness (QED) is 0.342. The van der Waals surface area contributed by atoms with Crippen molar-refractivity contribution >= 4 is 10.3 Å². The molecule has 0 aliphatic carbocycles. The van der Waals surface area contributed by atoms with Crippen LogP contribution in [0.5, 0.6) is 0 Å². The second kappa shape index (κ2) is 1.44. The molecule has 38 valence electrons. The first-order chi connectivity index (χ1) is 2.56. The van der Waals surface area contributed by atoms with Crippen molar-refractivity contribution < 1.29 is 4.21 Å². The molecule has 0 rings (SSSR count). The molecule has 0 saturated heterocycles. The van der Waals surface area contributed by atoms with Crippen molar-refractivity contribution in [2.45, 2.75) is 0 Å². The second-order valence-corrected chi connectivity index (χ2v) is 3.07. The normalized spacial score (nSPS) is 13.7. The zero-order valence-corrected chi connectivity index (χ0v) is 4.18. The van der Waals surface area contributed by atoms with Crippen molar-refractivity contribution in [2.24, 2.45) is 9.72 Å². The summed E-state index contributed by atoms with van der Waals surface area (Å²) in [5, 5.41) is 4.61. The lowest BCUT2D eigenvalue weighted by atomic mass is 12.0. The average Bonchev–Trinajstić information content (AvgIpc) is 1.35. The summed E-state index contributed by atoms with van der Waals surface area (Å²) >= 11 is 0. The van der Waals surface area contributed by atoms with E-state index in [1.54, 1.807) is 0 Å². The van der Waals surface area contributed by atoms with E-state index >= 15 is 0 Å². The molecule has 0 aromatic heterocycles. The fourth-order valence-electron chi connectivity index (χ4n) is 0. The van der Waals surface area contributed by atoms with E-state index < -0.39 is 10.3 Å². The van der Waals surface area contributed by atoms with Gasteiger partial charge >= 0.3 is 0 Å². The maximum Gasteiger partial charge on any atom is 0.0565 e. The summed E-state index contributed by atoms with van der Waals surface area (Å²) in [7, 11) is -3.08. The highest BCUT2D eigenvalue weighted by atomic mass is 32.3. The highest BCUT2D eigenvalue weighted by Gasteiger charge is 1.90. The van der Waals surface area contributed by atoms with Crippen LogP contribution in [-0.2, 0) is 10.3 Å². The van der Waals surface area contributed by atoms with Gasteiger partial charge in [0.1, 0.15) is 0 Å². The largest absolute Gasteiger partial charge is 0.255 e. The highest BCUT2D eigenvalue weighted by molar-refractivity contribution is 7.98. The molecule has 0 bridgehead atoms. The van der Waals surface area contributed by atoms with Crippen LogP contribution in [0, 0.1) is 4.91 Å². The van der Waals surface area contributed by atoms with Crippen LogP contribution in [0.2, 0.25) is 0 Å². The summed E-state index contributed by atoms with van der Waals surface area (Å²) in [4.78, 5) is 9.19. The van der Waals surface area contributed by atoms with Crippen LogP contribution in [-0.4, -0.2) is 10.5 Å². The lowest BCUT2D eigenvalue weighted by Crippen LogP contribution is -2.15. The van der Waals surface area contributed by atoms with Crippen LogP contribution < -0.4 is 5.14 Å². The van der Waals surface area contributed by atoms with Gasteiger partial charge in [0.25, 0.3) is 0 Å². The number of nitrogens with zero attached hydrogens (tertiary/aromatic N) is 1. The van der Waals surface area contributed by atoms with Crippen LogP contribution in [0.3, 0.4) is 0 Å². The van der Waals surface area contributed by atoms with E-state index in [1.165, 1.54) is 0 Å². The Labute approximate surface area is 36.4 Å². The van der Waals surface area contributed by atoms with E-state index in [0.717, 1.165) is 6.26 Å². The molecule has 0 saturated carbocycles. The first-order valence-electron chi connectivity index (χ1n) is 1.27. The smallest absolute Gasteiger partial charge is 0.0565 e. The minimum atomic E-state index is -3.08. The van der Waals surface area contributed by atoms with E-state index in [9.17, 15) is 9.12 Å². The standard InChI is InChI=1S/CH6N2O2S/c1-6(2,5)3-4/h6H,1H3,(H2,2,5). The van der Waals surface area contributed by atoms with Gasteiger partial charge in [-0.1, -0.05) is 0 Å². The van der Waals surface area contributed by atoms with E-state index in [0.29, 0.717) is 0 Å². The zero-order valence-electron chi connectivity index (χ0n) is 3.29. The van der Waals surface area contributed by atoms with Gasteiger partial charge in [0.2, 0.25) is 0 Å². The number of thiol groups is 1. The average molecular weight is 110 g/mol. The first-order valence-corrected chi connectivity index (χ1v) is 3.45. The van der Waals surface area contributed by atoms with Crippen molar-refractivity contribution in [3.8, 4) is 0 Å². The van der Waals surface area contributed by atoms with Crippen LogP contribution in [0.4, 0.5) is 0 Å². The van der Waals surface area contributed by atoms with Crippen molar-refractivity contribution in [1.29, 1.82) is 0 Å². The Morgan fingerprint density at radius 3 is 2.00 bits per heavy atom. The van der Waals surface area contributed by atoms with Gasteiger partial charge in [-0.2, -0.15) is 0 Å². The van der Waals surface area contributed by atoms with Crippen LogP contribution >= 0.6 is 0 Å². The second-order valence-electron chi connectivity index (χ2n) is 1.02. The maximum atomic E-state index is 9.88. The van der Waals surface area contributed by atoms with Gasteiger partial charge in [0, 0.05) is 10.8 Å². The molecular formula is CH6N2O2S. The van der Waals surface area contributed by atoms with Gasteiger partial charge in [-0.05, 0) is 0 Å². The van der Waals surface area contributed by atoms with Crippen molar-refractivity contribution in [3.63, 3.8) is 0 Å². The Bertz CT molecular complexity index is 93.7.